The largest absolute Gasteiger partial charge is 0.450 e. The van der Waals surface area contributed by atoms with Crippen LogP contribution in [0.4, 0.5) is 4.39 Å². The van der Waals surface area contributed by atoms with Crippen LogP contribution in [-0.2, 0) is 4.74 Å². The summed E-state index contributed by atoms with van der Waals surface area (Å²) in [7, 11) is 0. The Morgan fingerprint density at radius 3 is 2.38 bits per heavy atom. The molecule has 5 nitrogen and oxygen atoms in total. The van der Waals surface area contributed by atoms with Gasteiger partial charge in [0.05, 0.1) is 5.69 Å². The number of ether oxygens (including phenoxy) is 1. The Morgan fingerprint density at radius 2 is 1.73 bits per heavy atom. The number of halogens is 1. The molecular formula is C20H17FN2O3. The first-order valence-corrected chi connectivity index (χ1v) is 8.07. The summed E-state index contributed by atoms with van der Waals surface area (Å²) in [6.07, 6.45) is -1.00. The van der Waals surface area contributed by atoms with Crippen molar-refractivity contribution in [2.24, 2.45) is 0 Å². The number of benzene rings is 2. The summed E-state index contributed by atoms with van der Waals surface area (Å²) < 4.78 is 18.1. The molecule has 0 spiro atoms. The Morgan fingerprint density at radius 1 is 1.08 bits per heavy atom. The van der Waals surface area contributed by atoms with Crippen molar-refractivity contribution in [3.63, 3.8) is 0 Å². The molecule has 1 heterocycles. The molecule has 0 radical (unpaired) electrons. The number of ketones is 1. The fourth-order valence-corrected chi connectivity index (χ4v) is 2.42. The highest BCUT2D eigenvalue weighted by molar-refractivity contribution is 6.01. The fourth-order valence-electron chi connectivity index (χ4n) is 2.42. The van der Waals surface area contributed by atoms with E-state index in [0.29, 0.717) is 5.69 Å². The number of hydrogen-bond acceptors (Lipinski definition) is 4. The summed E-state index contributed by atoms with van der Waals surface area (Å²) in [6, 6.07) is 14.4. The lowest BCUT2D eigenvalue weighted by Crippen LogP contribution is -2.24. The van der Waals surface area contributed by atoms with E-state index in [0.717, 1.165) is 11.1 Å². The Hall–Kier alpha value is -3.28. The van der Waals surface area contributed by atoms with Crippen molar-refractivity contribution in [1.82, 2.24) is 10.2 Å². The third-order valence-electron chi connectivity index (χ3n) is 3.93. The molecule has 3 rings (SSSR count). The zero-order chi connectivity index (χ0) is 18.7. The molecule has 0 bridgehead atoms. The molecule has 132 valence electrons. The van der Waals surface area contributed by atoms with Crippen LogP contribution in [-0.4, -0.2) is 28.1 Å². The first kappa shape index (κ1) is 17.5. The molecule has 0 saturated heterocycles. The lowest BCUT2D eigenvalue weighted by atomic mass is 10.1. The van der Waals surface area contributed by atoms with Crippen LogP contribution in [0.15, 0.2) is 54.6 Å². The maximum Gasteiger partial charge on any atom is 0.357 e. The first-order chi connectivity index (χ1) is 12.4. The number of carbonyl (C=O) groups excluding carboxylic acids is 2. The Labute approximate surface area is 149 Å². The van der Waals surface area contributed by atoms with E-state index in [9.17, 15) is 14.0 Å². The van der Waals surface area contributed by atoms with Crippen molar-refractivity contribution in [2.45, 2.75) is 20.0 Å². The van der Waals surface area contributed by atoms with Gasteiger partial charge in [-0.2, -0.15) is 5.10 Å². The minimum atomic E-state index is -1.00. The molecule has 0 unspecified atom stereocenters. The number of aromatic amines is 1. The number of rotatable bonds is 5. The lowest BCUT2D eigenvalue weighted by Gasteiger charge is -2.11. The normalized spacial score (nSPS) is 11.8. The van der Waals surface area contributed by atoms with Crippen molar-refractivity contribution in [1.29, 1.82) is 0 Å². The topological polar surface area (TPSA) is 72.1 Å². The van der Waals surface area contributed by atoms with Gasteiger partial charge in [0.25, 0.3) is 0 Å². The highest BCUT2D eigenvalue weighted by Crippen LogP contribution is 2.19. The van der Waals surface area contributed by atoms with Crippen molar-refractivity contribution in [2.75, 3.05) is 0 Å². The molecule has 0 aliphatic rings. The van der Waals surface area contributed by atoms with Crippen LogP contribution >= 0.6 is 0 Å². The van der Waals surface area contributed by atoms with Crippen LogP contribution in [0.5, 0.6) is 0 Å². The molecule has 0 saturated carbocycles. The number of aryl methyl sites for hydroxylation is 1. The van der Waals surface area contributed by atoms with Gasteiger partial charge < -0.3 is 4.74 Å². The molecule has 1 aromatic heterocycles. The third-order valence-corrected chi connectivity index (χ3v) is 3.93. The van der Waals surface area contributed by atoms with Gasteiger partial charge in [-0.3, -0.25) is 9.89 Å². The Balaban J connectivity index is 1.69. The molecule has 0 aliphatic heterocycles. The minimum Gasteiger partial charge on any atom is -0.450 e. The summed E-state index contributed by atoms with van der Waals surface area (Å²) in [5, 5.41) is 6.73. The van der Waals surface area contributed by atoms with Gasteiger partial charge in [-0.1, -0.05) is 29.8 Å². The molecule has 6 heteroatoms. The van der Waals surface area contributed by atoms with Crippen LogP contribution in [0.3, 0.4) is 0 Å². The van der Waals surface area contributed by atoms with E-state index >= 15 is 0 Å². The Bertz CT molecular complexity index is 930. The van der Waals surface area contributed by atoms with Crippen LogP contribution < -0.4 is 0 Å². The number of Topliss-reactive ketones (excluding diaryl/α,β-unsaturated/α-hetero) is 1. The summed E-state index contributed by atoms with van der Waals surface area (Å²) in [6.45, 7) is 3.46. The van der Waals surface area contributed by atoms with Gasteiger partial charge in [0.15, 0.2) is 6.10 Å². The summed E-state index contributed by atoms with van der Waals surface area (Å²) in [5.74, 6) is -1.53. The maximum atomic E-state index is 12.9. The van der Waals surface area contributed by atoms with Crippen molar-refractivity contribution >= 4 is 11.8 Å². The standard InChI is InChI=1S/C20H17FN2O3/c1-12-3-5-14(6-4-12)17-11-18(23-22-17)20(25)26-13(2)19(24)15-7-9-16(21)10-8-15/h3-11,13H,1-2H3,(H,22,23)/t13-/m1/s1. The fraction of sp³-hybridized carbons (Fsp3) is 0.150. The highest BCUT2D eigenvalue weighted by atomic mass is 19.1. The van der Waals surface area contributed by atoms with Gasteiger partial charge in [-0.05, 0) is 44.2 Å². The second kappa shape index (κ2) is 7.31. The van der Waals surface area contributed by atoms with Crippen molar-refractivity contribution in [3.8, 4) is 11.3 Å². The predicted molar refractivity (Wildman–Crippen MR) is 94.4 cm³/mol. The zero-order valence-corrected chi connectivity index (χ0v) is 14.3. The number of H-pyrrole nitrogens is 1. The number of aromatic nitrogens is 2. The quantitative estimate of drug-likeness (QED) is 0.557. The molecule has 26 heavy (non-hydrogen) atoms. The molecule has 0 aliphatic carbocycles. The molecule has 3 aromatic rings. The summed E-state index contributed by atoms with van der Waals surface area (Å²) in [4.78, 5) is 24.5. The second-order valence-electron chi connectivity index (χ2n) is 5.95. The monoisotopic (exact) mass is 352 g/mol. The second-order valence-corrected chi connectivity index (χ2v) is 5.95. The van der Waals surface area contributed by atoms with Gasteiger partial charge in [0.1, 0.15) is 11.5 Å². The Kier molecular flexibility index (Phi) is 4.93. The van der Waals surface area contributed by atoms with E-state index in [-0.39, 0.29) is 11.3 Å². The molecular weight excluding hydrogens is 335 g/mol. The van der Waals surface area contributed by atoms with E-state index in [4.69, 9.17) is 4.74 Å². The number of hydrogen-bond donors (Lipinski definition) is 1. The summed E-state index contributed by atoms with van der Waals surface area (Å²) in [5.41, 5.74) is 3.02. The lowest BCUT2D eigenvalue weighted by molar-refractivity contribution is 0.0313. The van der Waals surface area contributed by atoms with E-state index in [1.54, 1.807) is 6.07 Å². The maximum absolute atomic E-state index is 12.9. The number of nitrogens with zero attached hydrogens (tertiary/aromatic N) is 1. The third kappa shape index (κ3) is 3.85. The highest BCUT2D eigenvalue weighted by Gasteiger charge is 2.22. The van der Waals surface area contributed by atoms with Crippen molar-refractivity contribution < 1.29 is 18.7 Å². The smallest absolute Gasteiger partial charge is 0.357 e. The molecule has 0 amide bonds. The van der Waals surface area contributed by atoms with Crippen LogP contribution in [0.25, 0.3) is 11.3 Å². The van der Waals surface area contributed by atoms with E-state index in [1.165, 1.54) is 31.2 Å². The van der Waals surface area contributed by atoms with Gasteiger partial charge >= 0.3 is 5.97 Å². The van der Waals surface area contributed by atoms with Gasteiger partial charge in [-0.15, -0.1) is 0 Å². The predicted octanol–water partition coefficient (Wildman–Crippen LogP) is 3.95. The molecule has 1 N–H and O–H groups in total. The van der Waals surface area contributed by atoms with Crippen molar-refractivity contribution in [3.05, 3.63) is 77.2 Å². The summed E-state index contributed by atoms with van der Waals surface area (Å²) >= 11 is 0. The van der Waals surface area contributed by atoms with Crippen LogP contribution in [0.1, 0.15) is 33.3 Å². The van der Waals surface area contributed by atoms with Gasteiger partial charge in [-0.25, -0.2) is 9.18 Å². The molecule has 1 atom stereocenters. The van der Waals surface area contributed by atoms with Gasteiger partial charge in [0.2, 0.25) is 5.78 Å². The van der Waals surface area contributed by atoms with E-state index in [1.807, 2.05) is 31.2 Å². The number of nitrogens with one attached hydrogen (secondary N) is 1. The van der Waals surface area contributed by atoms with Crippen LogP contribution in [0.2, 0.25) is 0 Å². The molecule has 0 fully saturated rings. The zero-order valence-electron chi connectivity index (χ0n) is 14.3. The molecule has 2 aromatic carbocycles. The first-order valence-electron chi connectivity index (χ1n) is 8.07. The average molecular weight is 352 g/mol. The number of esters is 1. The SMILES string of the molecule is Cc1ccc(-c2cc(C(=O)O[C@H](C)C(=O)c3ccc(F)cc3)[nH]n2)cc1. The van der Waals surface area contributed by atoms with E-state index in [2.05, 4.69) is 10.2 Å². The minimum absolute atomic E-state index is 0.152. The average Bonchev–Trinajstić information content (AvgIpc) is 3.12. The number of carbonyl (C=O) groups is 2. The van der Waals surface area contributed by atoms with Crippen LogP contribution in [0, 0.1) is 12.7 Å². The van der Waals surface area contributed by atoms with E-state index < -0.39 is 23.7 Å². The van der Waals surface area contributed by atoms with Gasteiger partial charge in [0, 0.05) is 11.1 Å².